The van der Waals surface area contributed by atoms with E-state index >= 15 is 0 Å². The fraction of sp³-hybridized carbons (Fsp3) is 0.308. The minimum Gasteiger partial charge on any atom is -0.496 e. The van der Waals surface area contributed by atoms with E-state index in [1.807, 2.05) is 61.5 Å². The number of likely N-dealkylation sites (N-methyl/N-ethyl adjacent to an activating group) is 1. The van der Waals surface area contributed by atoms with Gasteiger partial charge >= 0.3 is 0 Å². The summed E-state index contributed by atoms with van der Waals surface area (Å²) in [6.45, 7) is 2.23. The first-order valence-electron chi connectivity index (χ1n) is 11.2. The Morgan fingerprint density at radius 2 is 2.00 bits per heavy atom. The number of fused-ring (bicyclic) bond motifs is 2. The summed E-state index contributed by atoms with van der Waals surface area (Å²) in [5.74, 6) is 0.813. The molecule has 0 radical (unpaired) electrons. The summed E-state index contributed by atoms with van der Waals surface area (Å²) >= 11 is 3.53. The Labute approximate surface area is 219 Å². The summed E-state index contributed by atoms with van der Waals surface area (Å²) in [5.41, 5.74) is 1.53. The Morgan fingerprint density at radius 3 is 2.71 bits per heavy atom. The molecule has 0 saturated heterocycles. The number of amides is 2. The Kier molecular flexibility index (Phi) is 8.99. The summed E-state index contributed by atoms with van der Waals surface area (Å²) in [7, 11) is 3.35. The van der Waals surface area contributed by atoms with Crippen LogP contribution in [0.1, 0.15) is 18.9 Å². The largest absolute Gasteiger partial charge is 0.496 e. The standard InChI is InChI=1S/C26H28BrN3O4.ClH/c1-4-20(28-2)25(31)29-21-15-34-24-8-6-5-7-22(24)30(26(21)32)14-19-18-11-10-17(27)13-16(18)9-12-23(19)33-3;/h5-13,20-21,28H,4,14-15H2,1-3H3,(H,29,31);1H. The summed E-state index contributed by atoms with van der Waals surface area (Å²) < 4.78 is 12.6. The third-order valence-corrected chi connectivity index (χ3v) is 6.60. The zero-order valence-corrected chi connectivity index (χ0v) is 22.2. The van der Waals surface area contributed by atoms with Crippen LogP contribution in [-0.2, 0) is 16.1 Å². The molecule has 2 amide bonds. The van der Waals surface area contributed by atoms with Crippen molar-refractivity contribution in [3.05, 3.63) is 64.6 Å². The van der Waals surface area contributed by atoms with Crippen molar-refractivity contribution in [2.24, 2.45) is 0 Å². The fourth-order valence-electron chi connectivity index (χ4n) is 4.27. The molecule has 0 aromatic heterocycles. The van der Waals surface area contributed by atoms with Crippen LogP contribution in [0.2, 0.25) is 0 Å². The Balaban J connectivity index is 0.00000342. The number of rotatable bonds is 7. The number of halogens is 2. The Morgan fingerprint density at radius 1 is 1.23 bits per heavy atom. The van der Waals surface area contributed by atoms with E-state index in [-0.39, 0.29) is 43.4 Å². The van der Waals surface area contributed by atoms with Gasteiger partial charge in [-0.1, -0.05) is 47.1 Å². The summed E-state index contributed by atoms with van der Waals surface area (Å²) in [6.07, 6.45) is 0.608. The second-order valence-electron chi connectivity index (χ2n) is 8.13. The van der Waals surface area contributed by atoms with Crippen molar-refractivity contribution in [3.8, 4) is 11.5 Å². The number of ether oxygens (including phenoxy) is 2. The van der Waals surface area contributed by atoms with Crippen LogP contribution >= 0.6 is 28.3 Å². The van der Waals surface area contributed by atoms with E-state index in [0.717, 1.165) is 20.8 Å². The van der Waals surface area contributed by atoms with Gasteiger partial charge in [0.1, 0.15) is 24.1 Å². The number of anilines is 1. The first-order chi connectivity index (χ1) is 16.5. The van der Waals surface area contributed by atoms with E-state index in [1.54, 1.807) is 19.1 Å². The molecule has 2 atom stereocenters. The van der Waals surface area contributed by atoms with E-state index in [1.165, 1.54) is 0 Å². The molecule has 2 unspecified atom stereocenters. The molecule has 3 aromatic carbocycles. The van der Waals surface area contributed by atoms with Gasteiger partial charge in [0.15, 0.2) is 0 Å². The van der Waals surface area contributed by atoms with Gasteiger partial charge < -0.3 is 25.0 Å². The third kappa shape index (κ3) is 5.55. The molecular weight excluding hydrogens is 534 g/mol. The van der Waals surface area contributed by atoms with Gasteiger partial charge in [-0.2, -0.15) is 0 Å². The van der Waals surface area contributed by atoms with E-state index in [2.05, 4.69) is 26.6 Å². The molecule has 1 heterocycles. The van der Waals surface area contributed by atoms with Crippen LogP contribution in [0.3, 0.4) is 0 Å². The number of carbonyl (C=O) groups excluding carboxylic acids is 2. The van der Waals surface area contributed by atoms with Crippen LogP contribution < -0.4 is 25.0 Å². The van der Waals surface area contributed by atoms with Gasteiger partial charge in [0, 0.05) is 10.0 Å². The Bertz CT molecular complexity index is 1220. The van der Waals surface area contributed by atoms with E-state index < -0.39 is 6.04 Å². The maximum atomic E-state index is 13.8. The average molecular weight is 563 g/mol. The molecule has 4 rings (SSSR count). The van der Waals surface area contributed by atoms with Crippen molar-refractivity contribution in [1.82, 2.24) is 10.6 Å². The first-order valence-corrected chi connectivity index (χ1v) is 12.0. The summed E-state index contributed by atoms with van der Waals surface area (Å²) in [6, 6.07) is 16.1. The molecule has 0 aliphatic carbocycles. The molecule has 2 N–H and O–H groups in total. The molecule has 1 aliphatic rings. The zero-order valence-electron chi connectivity index (χ0n) is 19.8. The smallest absolute Gasteiger partial charge is 0.253 e. The first kappa shape index (κ1) is 26.8. The molecule has 186 valence electrons. The number of carbonyl (C=O) groups is 2. The summed E-state index contributed by atoms with van der Waals surface area (Å²) in [4.78, 5) is 28.2. The lowest BCUT2D eigenvalue weighted by Crippen LogP contribution is -2.54. The maximum Gasteiger partial charge on any atom is 0.253 e. The molecule has 9 heteroatoms. The second kappa shape index (κ2) is 11.7. The van der Waals surface area contributed by atoms with Crippen molar-refractivity contribution in [2.75, 3.05) is 25.7 Å². The normalized spacial score (nSPS) is 15.9. The quantitative estimate of drug-likeness (QED) is 0.445. The number of para-hydroxylation sites is 2. The molecule has 7 nitrogen and oxygen atoms in total. The number of nitrogens with zero attached hydrogens (tertiary/aromatic N) is 1. The van der Waals surface area contributed by atoms with Gasteiger partial charge in [0.25, 0.3) is 5.91 Å². The molecule has 0 saturated carbocycles. The van der Waals surface area contributed by atoms with Crippen molar-refractivity contribution >= 4 is 56.6 Å². The summed E-state index contributed by atoms with van der Waals surface area (Å²) in [5, 5.41) is 7.88. The lowest BCUT2D eigenvalue weighted by molar-refractivity contribution is -0.129. The average Bonchev–Trinajstić information content (AvgIpc) is 2.97. The number of nitrogens with one attached hydrogen (secondary N) is 2. The van der Waals surface area contributed by atoms with E-state index in [9.17, 15) is 9.59 Å². The van der Waals surface area contributed by atoms with Gasteiger partial charge in [-0.3, -0.25) is 9.59 Å². The van der Waals surface area contributed by atoms with Crippen LogP contribution in [-0.4, -0.2) is 44.7 Å². The molecular formula is C26H29BrClN3O4. The van der Waals surface area contributed by atoms with Crippen LogP contribution in [0.25, 0.3) is 10.8 Å². The van der Waals surface area contributed by atoms with Crippen molar-refractivity contribution in [3.63, 3.8) is 0 Å². The van der Waals surface area contributed by atoms with Crippen LogP contribution in [0, 0.1) is 0 Å². The molecule has 0 fully saturated rings. The van der Waals surface area contributed by atoms with Crippen molar-refractivity contribution in [2.45, 2.75) is 32.0 Å². The van der Waals surface area contributed by atoms with Crippen LogP contribution in [0.15, 0.2) is 59.1 Å². The minimum absolute atomic E-state index is 0. The molecule has 0 spiro atoms. The van der Waals surface area contributed by atoms with Crippen LogP contribution in [0.5, 0.6) is 11.5 Å². The lowest BCUT2D eigenvalue weighted by Gasteiger charge is -2.27. The number of hydrogen-bond acceptors (Lipinski definition) is 5. The van der Waals surface area contributed by atoms with Gasteiger partial charge in [0.05, 0.1) is 25.4 Å². The highest BCUT2D eigenvalue weighted by atomic mass is 79.9. The molecule has 3 aromatic rings. The van der Waals surface area contributed by atoms with Gasteiger partial charge in [-0.15, -0.1) is 12.4 Å². The van der Waals surface area contributed by atoms with Gasteiger partial charge in [-0.25, -0.2) is 0 Å². The molecule has 35 heavy (non-hydrogen) atoms. The fourth-order valence-corrected chi connectivity index (χ4v) is 4.65. The predicted molar refractivity (Wildman–Crippen MR) is 144 cm³/mol. The topological polar surface area (TPSA) is 79.9 Å². The lowest BCUT2D eigenvalue weighted by atomic mass is 10.0. The van der Waals surface area contributed by atoms with Crippen molar-refractivity contribution in [1.29, 1.82) is 0 Å². The highest BCUT2D eigenvalue weighted by Crippen LogP contribution is 2.36. The SMILES string of the molecule is CCC(NC)C(=O)NC1COc2ccccc2N(Cc2c(OC)ccc3cc(Br)ccc23)C1=O.Cl. The number of benzene rings is 3. The van der Waals surface area contributed by atoms with E-state index in [4.69, 9.17) is 9.47 Å². The zero-order chi connectivity index (χ0) is 24.2. The minimum atomic E-state index is -0.822. The van der Waals surface area contributed by atoms with Crippen LogP contribution in [0.4, 0.5) is 5.69 Å². The predicted octanol–water partition coefficient (Wildman–Crippen LogP) is 4.44. The maximum absolute atomic E-state index is 13.8. The monoisotopic (exact) mass is 561 g/mol. The van der Waals surface area contributed by atoms with Gasteiger partial charge in [0.2, 0.25) is 5.91 Å². The van der Waals surface area contributed by atoms with Crippen molar-refractivity contribution < 1.29 is 19.1 Å². The number of hydrogen-bond donors (Lipinski definition) is 2. The molecule has 0 bridgehead atoms. The highest BCUT2D eigenvalue weighted by Gasteiger charge is 2.34. The van der Waals surface area contributed by atoms with Gasteiger partial charge in [-0.05, 0) is 54.6 Å². The Hall–Kier alpha value is -2.81. The molecule has 1 aliphatic heterocycles. The second-order valence-corrected chi connectivity index (χ2v) is 9.04. The number of methoxy groups -OCH3 is 1. The third-order valence-electron chi connectivity index (χ3n) is 6.10. The van der Waals surface area contributed by atoms with E-state index in [0.29, 0.717) is 23.6 Å². The highest BCUT2D eigenvalue weighted by molar-refractivity contribution is 9.10.